The molecule has 1 amide bonds. The van der Waals surface area contributed by atoms with E-state index in [0.29, 0.717) is 5.65 Å². The molecule has 0 bridgehead atoms. The zero-order valence-electron chi connectivity index (χ0n) is 13.1. The molecule has 24 heavy (non-hydrogen) atoms. The number of hydrogen-bond donors (Lipinski definition) is 1. The molecule has 3 aromatic rings. The van der Waals surface area contributed by atoms with E-state index in [1.54, 1.807) is 13.8 Å². The Morgan fingerprint density at radius 1 is 1.21 bits per heavy atom. The van der Waals surface area contributed by atoms with Gasteiger partial charge in [0.1, 0.15) is 6.20 Å². The second-order valence-electron chi connectivity index (χ2n) is 5.83. The van der Waals surface area contributed by atoms with E-state index >= 15 is 0 Å². The quantitative estimate of drug-likeness (QED) is 0.586. The first-order valence-corrected chi connectivity index (χ1v) is 7.26. The molecule has 0 fully saturated rings. The summed E-state index contributed by atoms with van der Waals surface area (Å²) < 4.78 is 1.27. The van der Waals surface area contributed by atoms with E-state index in [1.807, 2.05) is 30.3 Å². The molecule has 0 atom stereocenters. The maximum Gasteiger partial charge on any atom is 0.287 e. The Labute approximate surface area is 137 Å². The SMILES string of the molecule is CC(C)(C(=O)Nc1nc2ccc([N+](=O)[O-])cn2n1)c1ccccc1. The van der Waals surface area contributed by atoms with Crippen LogP contribution >= 0.6 is 0 Å². The fourth-order valence-corrected chi connectivity index (χ4v) is 2.28. The van der Waals surface area contributed by atoms with Gasteiger partial charge in [0.25, 0.3) is 5.69 Å². The topological polar surface area (TPSA) is 102 Å². The van der Waals surface area contributed by atoms with E-state index in [4.69, 9.17) is 0 Å². The molecule has 2 heterocycles. The summed E-state index contributed by atoms with van der Waals surface area (Å²) >= 11 is 0. The van der Waals surface area contributed by atoms with Gasteiger partial charge in [-0.2, -0.15) is 4.98 Å². The molecule has 1 N–H and O–H groups in total. The number of anilines is 1. The molecule has 0 aliphatic carbocycles. The number of benzene rings is 1. The number of hydrogen-bond acceptors (Lipinski definition) is 5. The molecule has 8 nitrogen and oxygen atoms in total. The van der Waals surface area contributed by atoms with Crippen molar-refractivity contribution in [3.8, 4) is 0 Å². The third-order valence-electron chi connectivity index (χ3n) is 3.81. The lowest BCUT2D eigenvalue weighted by Gasteiger charge is -2.23. The van der Waals surface area contributed by atoms with Crippen molar-refractivity contribution in [2.45, 2.75) is 19.3 Å². The average Bonchev–Trinajstić information content (AvgIpc) is 2.96. The van der Waals surface area contributed by atoms with Gasteiger partial charge in [-0.05, 0) is 25.5 Å². The van der Waals surface area contributed by atoms with E-state index in [1.165, 1.54) is 22.8 Å². The number of amides is 1. The summed E-state index contributed by atoms with van der Waals surface area (Å²) in [5.41, 5.74) is 0.398. The maximum absolute atomic E-state index is 12.6. The highest BCUT2D eigenvalue weighted by molar-refractivity contribution is 5.97. The highest BCUT2D eigenvalue weighted by Crippen LogP contribution is 2.24. The molecule has 2 aromatic heterocycles. The summed E-state index contributed by atoms with van der Waals surface area (Å²) in [5.74, 6) is -0.163. The molecule has 0 saturated heterocycles. The first-order chi connectivity index (χ1) is 11.4. The van der Waals surface area contributed by atoms with Crippen LogP contribution in [0.4, 0.5) is 11.6 Å². The van der Waals surface area contributed by atoms with Gasteiger partial charge in [0.05, 0.1) is 10.3 Å². The van der Waals surface area contributed by atoms with Crippen molar-refractivity contribution in [1.82, 2.24) is 14.6 Å². The van der Waals surface area contributed by atoms with Crippen molar-refractivity contribution in [3.05, 3.63) is 64.3 Å². The Morgan fingerprint density at radius 2 is 1.92 bits per heavy atom. The minimum absolute atomic E-state index is 0.101. The second-order valence-corrected chi connectivity index (χ2v) is 5.83. The van der Waals surface area contributed by atoms with Gasteiger partial charge in [-0.15, -0.1) is 5.10 Å². The molecule has 0 unspecified atom stereocenters. The molecular weight excluding hydrogens is 310 g/mol. The number of pyridine rings is 1. The Hall–Kier alpha value is -3.29. The van der Waals surface area contributed by atoms with Crippen LogP contribution in [-0.4, -0.2) is 25.4 Å². The molecule has 0 radical (unpaired) electrons. The zero-order chi connectivity index (χ0) is 17.3. The molecule has 1 aromatic carbocycles. The van der Waals surface area contributed by atoms with Crippen molar-refractivity contribution >= 4 is 23.2 Å². The van der Waals surface area contributed by atoms with Crippen molar-refractivity contribution in [3.63, 3.8) is 0 Å². The van der Waals surface area contributed by atoms with Crippen LogP contribution in [0, 0.1) is 10.1 Å². The first-order valence-electron chi connectivity index (χ1n) is 7.26. The minimum atomic E-state index is -0.773. The first kappa shape index (κ1) is 15.6. The molecular formula is C16H15N5O3. The van der Waals surface area contributed by atoms with E-state index in [0.717, 1.165) is 5.56 Å². The Balaban J connectivity index is 1.86. The number of nitrogens with zero attached hydrogens (tertiary/aromatic N) is 4. The van der Waals surface area contributed by atoms with Crippen LogP contribution in [-0.2, 0) is 10.2 Å². The summed E-state index contributed by atoms with van der Waals surface area (Å²) in [4.78, 5) is 27.0. The summed E-state index contributed by atoms with van der Waals surface area (Å²) in [6.45, 7) is 3.61. The second kappa shape index (κ2) is 5.73. The van der Waals surface area contributed by atoms with Gasteiger partial charge in [-0.1, -0.05) is 30.3 Å². The number of nitrogens with one attached hydrogen (secondary N) is 1. The van der Waals surface area contributed by atoms with Crippen LogP contribution in [0.15, 0.2) is 48.7 Å². The van der Waals surface area contributed by atoms with Crippen LogP contribution in [0.25, 0.3) is 5.65 Å². The van der Waals surface area contributed by atoms with Gasteiger partial charge in [0.15, 0.2) is 5.65 Å². The predicted octanol–water partition coefficient (Wildman–Crippen LogP) is 2.55. The number of rotatable bonds is 4. The third kappa shape index (κ3) is 2.81. The number of carbonyl (C=O) groups is 1. The molecule has 0 spiro atoms. The van der Waals surface area contributed by atoms with Crippen molar-refractivity contribution in [2.24, 2.45) is 0 Å². The summed E-state index contributed by atoms with van der Waals surface area (Å²) in [7, 11) is 0. The fourth-order valence-electron chi connectivity index (χ4n) is 2.28. The van der Waals surface area contributed by atoms with Crippen LogP contribution in [0.3, 0.4) is 0 Å². The lowest BCUT2D eigenvalue weighted by Crippen LogP contribution is -2.35. The van der Waals surface area contributed by atoms with Crippen molar-refractivity contribution < 1.29 is 9.72 Å². The summed E-state index contributed by atoms with van der Waals surface area (Å²) in [5, 5.41) is 17.5. The molecule has 0 aliphatic heterocycles. The lowest BCUT2D eigenvalue weighted by atomic mass is 9.84. The van der Waals surface area contributed by atoms with Crippen LogP contribution < -0.4 is 5.32 Å². The van der Waals surface area contributed by atoms with Crippen molar-refractivity contribution in [2.75, 3.05) is 5.32 Å². The van der Waals surface area contributed by atoms with Crippen LogP contribution in [0.5, 0.6) is 0 Å². The smallest absolute Gasteiger partial charge is 0.287 e. The summed E-state index contributed by atoms with van der Waals surface area (Å²) in [6.07, 6.45) is 1.25. The Morgan fingerprint density at radius 3 is 2.58 bits per heavy atom. The Bertz CT molecular complexity index is 918. The Kier molecular flexibility index (Phi) is 3.72. The highest BCUT2D eigenvalue weighted by Gasteiger charge is 2.30. The number of nitro groups is 1. The van der Waals surface area contributed by atoms with E-state index in [-0.39, 0.29) is 17.5 Å². The lowest BCUT2D eigenvalue weighted by molar-refractivity contribution is -0.385. The average molecular weight is 325 g/mol. The predicted molar refractivity (Wildman–Crippen MR) is 87.7 cm³/mol. The van der Waals surface area contributed by atoms with Crippen molar-refractivity contribution in [1.29, 1.82) is 0 Å². The van der Waals surface area contributed by atoms with Gasteiger partial charge in [0.2, 0.25) is 11.9 Å². The number of fused-ring (bicyclic) bond motifs is 1. The largest absolute Gasteiger partial charge is 0.292 e. The van der Waals surface area contributed by atoms with Crippen LogP contribution in [0.2, 0.25) is 0 Å². The van der Waals surface area contributed by atoms with E-state index in [2.05, 4.69) is 15.4 Å². The molecule has 3 rings (SSSR count). The maximum atomic E-state index is 12.6. The van der Waals surface area contributed by atoms with Gasteiger partial charge in [-0.25, -0.2) is 4.52 Å². The summed E-state index contributed by atoms with van der Waals surface area (Å²) in [6, 6.07) is 12.2. The van der Waals surface area contributed by atoms with Crippen LogP contribution in [0.1, 0.15) is 19.4 Å². The number of aromatic nitrogens is 3. The van der Waals surface area contributed by atoms with E-state index in [9.17, 15) is 14.9 Å². The minimum Gasteiger partial charge on any atom is -0.292 e. The monoisotopic (exact) mass is 325 g/mol. The zero-order valence-corrected chi connectivity index (χ0v) is 13.1. The van der Waals surface area contributed by atoms with Gasteiger partial charge >= 0.3 is 0 Å². The third-order valence-corrected chi connectivity index (χ3v) is 3.81. The molecule has 0 saturated carbocycles. The number of carbonyl (C=O) groups excluding carboxylic acids is 1. The molecule has 122 valence electrons. The standard InChI is InChI=1S/C16H15N5O3/c1-16(2,11-6-4-3-5-7-11)14(22)18-15-17-13-9-8-12(21(23)24)10-20(13)19-15/h3-10H,1-2H3,(H,18,19,22). The van der Waals surface area contributed by atoms with Gasteiger partial charge < -0.3 is 0 Å². The fraction of sp³-hybridized carbons (Fsp3) is 0.188. The van der Waals surface area contributed by atoms with Gasteiger partial charge in [-0.3, -0.25) is 20.2 Å². The molecule has 8 heteroatoms. The van der Waals surface area contributed by atoms with Gasteiger partial charge in [0, 0.05) is 6.07 Å². The van der Waals surface area contributed by atoms with E-state index < -0.39 is 10.3 Å². The molecule has 0 aliphatic rings. The highest BCUT2D eigenvalue weighted by atomic mass is 16.6. The normalized spacial score (nSPS) is 11.4.